The molecule has 0 saturated carbocycles. The van der Waals surface area contributed by atoms with Gasteiger partial charge in [-0.2, -0.15) is 0 Å². The molecule has 1 unspecified atom stereocenters. The number of amides is 3. The van der Waals surface area contributed by atoms with Gasteiger partial charge in [-0.05, 0) is 18.1 Å². The Balaban J connectivity index is 2.53. The Labute approximate surface area is 115 Å². The summed E-state index contributed by atoms with van der Waals surface area (Å²) in [6.45, 7) is 4.06. The molecular formula is C11H16ClN3O2S. The molecule has 0 fully saturated rings. The lowest BCUT2D eigenvalue weighted by Gasteiger charge is -2.20. The van der Waals surface area contributed by atoms with Crippen LogP contribution in [0, 0.1) is 5.92 Å². The van der Waals surface area contributed by atoms with Crippen molar-refractivity contribution in [3.05, 3.63) is 21.3 Å². The standard InChI is InChI=1S/C11H16ClN3O2S/c1-6(2)9(15-11(13)17)10(16)14-5-7-3-4-8(12)18-7/h3-4,6,9H,5H2,1-2H3,(H,14,16)(H3,13,15,17). The summed E-state index contributed by atoms with van der Waals surface area (Å²) in [4.78, 5) is 23.7. The second-order valence-electron chi connectivity index (χ2n) is 4.15. The van der Waals surface area contributed by atoms with Crippen molar-refractivity contribution in [2.24, 2.45) is 11.7 Å². The van der Waals surface area contributed by atoms with Gasteiger partial charge < -0.3 is 16.4 Å². The summed E-state index contributed by atoms with van der Waals surface area (Å²) in [5, 5.41) is 5.17. The second-order valence-corrected chi connectivity index (χ2v) is 5.95. The predicted octanol–water partition coefficient (Wildman–Crippen LogP) is 1.71. The maximum absolute atomic E-state index is 11.9. The molecule has 3 amide bonds. The lowest BCUT2D eigenvalue weighted by atomic mass is 10.0. The highest BCUT2D eigenvalue weighted by Gasteiger charge is 2.22. The van der Waals surface area contributed by atoms with Crippen molar-refractivity contribution in [1.29, 1.82) is 0 Å². The second kappa shape index (κ2) is 6.61. The van der Waals surface area contributed by atoms with Crippen LogP contribution in [0.2, 0.25) is 4.34 Å². The van der Waals surface area contributed by atoms with Gasteiger partial charge in [-0.15, -0.1) is 11.3 Å². The third-order valence-corrected chi connectivity index (χ3v) is 3.54. The Morgan fingerprint density at radius 3 is 2.56 bits per heavy atom. The molecule has 18 heavy (non-hydrogen) atoms. The van der Waals surface area contributed by atoms with Gasteiger partial charge in [0.05, 0.1) is 10.9 Å². The largest absolute Gasteiger partial charge is 0.352 e. The van der Waals surface area contributed by atoms with Crippen molar-refractivity contribution in [3.63, 3.8) is 0 Å². The number of thiophene rings is 1. The number of hydrogen-bond donors (Lipinski definition) is 3. The molecule has 1 atom stereocenters. The molecule has 1 aromatic rings. The van der Waals surface area contributed by atoms with E-state index >= 15 is 0 Å². The summed E-state index contributed by atoms with van der Waals surface area (Å²) < 4.78 is 0.676. The molecule has 0 radical (unpaired) electrons. The average Bonchev–Trinajstić information content (AvgIpc) is 2.68. The molecule has 0 spiro atoms. The molecule has 100 valence electrons. The number of hydrogen-bond acceptors (Lipinski definition) is 3. The van der Waals surface area contributed by atoms with Gasteiger partial charge in [0.25, 0.3) is 0 Å². The molecule has 0 bridgehead atoms. The Hall–Kier alpha value is -1.27. The van der Waals surface area contributed by atoms with Crippen molar-refractivity contribution in [1.82, 2.24) is 10.6 Å². The van der Waals surface area contributed by atoms with E-state index in [1.165, 1.54) is 11.3 Å². The van der Waals surface area contributed by atoms with Gasteiger partial charge in [0.2, 0.25) is 5.91 Å². The SMILES string of the molecule is CC(C)C(NC(N)=O)C(=O)NCc1ccc(Cl)s1. The van der Waals surface area contributed by atoms with Gasteiger partial charge in [0.1, 0.15) is 6.04 Å². The first-order valence-electron chi connectivity index (χ1n) is 5.48. The molecule has 0 aromatic carbocycles. The number of nitrogens with two attached hydrogens (primary N) is 1. The molecule has 1 heterocycles. The molecule has 4 N–H and O–H groups in total. The smallest absolute Gasteiger partial charge is 0.312 e. The molecule has 0 aliphatic heterocycles. The first-order valence-corrected chi connectivity index (χ1v) is 6.67. The maximum Gasteiger partial charge on any atom is 0.312 e. The Morgan fingerprint density at radius 1 is 1.44 bits per heavy atom. The van der Waals surface area contributed by atoms with Gasteiger partial charge in [0.15, 0.2) is 0 Å². The van der Waals surface area contributed by atoms with Crippen molar-refractivity contribution in [3.8, 4) is 0 Å². The Kier molecular flexibility index (Phi) is 5.43. The molecule has 1 aromatic heterocycles. The first kappa shape index (κ1) is 14.8. The number of halogens is 1. The van der Waals surface area contributed by atoms with Crippen molar-refractivity contribution in [2.45, 2.75) is 26.4 Å². The fourth-order valence-corrected chi connectivity index (χ4v) is 2.45. The van der Waals surface area contributed by atoms with Crippen LogP contribution in [-0.2, 0) is 11.3 Å². The van der Waals surface area contributed by atoms with Gasteiger partial charge in [-0.1, -0.05) is 25.4 Å². The van der Waals surface area contributed by atoms with E-state index in [-0.39, 0.29) is 11.8 Å². The quantitative estimate of drug-likeness (QED) is 0.771. The van der Waals surface area contributed by atoms with Gasteiger partial charge >= 0.3 is 6.03 Å². The van der Waals surface area contributed by atoms with Crippen LogP contribution in [-0.4, -0.2) is 18.0 Å². The van der Waals surface area contributed by atoms with Crippen molar-refractivity contribution < 1.29 is 9.59 Å². The van der Waals surface area contributed by atoms with Crippen LogP contribution in [0.3, 0.4) is 0 Å². The van der Waals surface area contributed by atoms with Crippen LogP contribution in [0.4, 0.5) is 4.79 Å². The first-order chi connectivity index (χ1) is 8.40. The summed E-state index contributed by atoms with van der Waals surface area (Å²) in [6, 6.07) is 2.29. The zero-order chi connectivity index (χ0) is 13.7. The average molecular weight is 290 g/mol. The molecular weight excluding hydrogens is 274 g/mol. The topological polar surface area (TPSA) is 84.2 Å². The number of primary amides is 1. The Bertz CT molecular complexity index is 434. The van der Waals surface area contributed by atoms with E-state index < -0.39 is 12.1 Å². The lowest BCUT2D eigenvalue weighted by Crippen LogP contribution is -2.51. The van der Waals surface area contributed by atoms with Crippen LogP contribution in [0.5, 0.6) is 0 Å². The van der Waals surface area contributed by atoms with Crippen LogP contribution >= 0.6 is 22.9 Å². The summed E-state index contributed by atoms with van der Waals surface area (Å²) in [7, 11) is 0. The summed E-state index contributed by atoms with van der Waals surface area (Å²) >= 11 is 7.19. The van der Waals surface area contributed by atoms with E-state index in [0.29, 0.717) is 10.9 Å². The van der Waals surface area contributed by atoms with E-state index in [1.54, 1.807) is 6.07 Å². The minimum absolute atomic E-state index is 0.0376. The lowest BCUT2D eigenvalue weighted by molar-refractivity contribution is -0.124. The number of carbonyl (C=O) groups is 2. The maximum atomic E-state index is 11.9. The highest BCUT2D eigenvalue weighted by molar-refractivity contribution is 7.16. The van der Waals surface area contributed by atoms with Crippen LogP contribution in [0.25, 0.3) is 0 Å². The predicted molar refractivity (Wildman–Crippen MR) is 72.5 cm³/mol. The van der Waals surface area contributed by atoms with E-state index in [2.05, 4.69) is 10.6 Å². The fourth-order valence-electron chi connectivity index (χ4n) is 1.42. The highest BCUT2D eigenvalue weighted by Crippen LogP contribution is 2.21. The normalized spacial score (nSPS) is 12.2. The summed E-state index contributed by atoms with van der Waals surface area (Å²) in [5.41, 5.74) is 5.03. The number of rotatable bonds is 5. The summed E-state index contributed by atoms with van der Waals surface area (Å²) in [5.74, 6) is -0.294. The van der Waals surface area contributed by atoms with Gasteiger partial charge in [0, 0.05) is 4.88 Å². The molecule has 0 aliphatic carbocycles. The van der Waals surface area contributed by atoms with E-state index in [0.717, 1.165) is 4.88 Å². The third kappa shape index (κ3) is 4.54. The minimum Gasteiger partial charge on any atom is -0.352 e. The van der Waals surface area contributed by atoms with Gasteiger partial charge in [-0.3, -0.25) is 4.79 Å². The van der Waals surface area contributed by atoms with Gasteiger partial charge in [-0.25, -0.2) is 4.79 Å². The van der Waals surface area contributed by atoms with Crippen molar-refractivity contribution in [2.75, 3.05) is 0 Å². The molecule has 0 saturated heterocycles. The number of urea groups is 1. The number of carbonyl (C=O) groups excluding carboxylic acids is 2. The zero-order valence-corrected chi connectivity index (χ0v) is 11.8. The van der Waals surface area contributed by atoms with Crippen LogP contribution < -0.4 is 16.4 Å². The number of nitrogens with one attached hydrogen (secondary N) is 2. The van der Waals surface area contributed by atoms with Crippen LogP contribution in [0.1, 0.15) is 18.7 Å². The molecule has 5 nitrogen and oxygen atoms in total. The monoisotopic (exact) mass is 289 g/mol. The Morgan fingerprint density at radius 2 is 2.11 bits per heavy atom. The van der Waals surface area contributed by atoms with E-state index in [1.807, 2.05) is 19.9 Å². The molecule has 0 aliphatic rings. The van der Waals surface area contributed by atoms with E-state index in [4.69, 9.17) is 17.3 Å². The zero-order valence-electron chi connectivity index (χ0n) is 10.2. The molecule has 7 heteroatoms. The fraction of sp³-hybridized carbons (Fsp3) is 0.455. The summed E-state index contributed by atoms with van der Waals surface area (Å²) in [6.07, 6.45) is 0. The van der Waals surface area contributed by atoms with Crippen LogP contribution in [0.15, 0.2) is 12.1 Å². The van der Waals surface area contributed by atoms with Crippen molar-refractivity contribution >= 4 is 34.9 Å². The third-order valence-electron chi connectivity index (χ3n) is 2.31. The molecule has 1 rings (SSSR count). The highest BCUT2D eigenvalue weighted by atomic mass is 35.5. The minimum atomic E-state index is -0.706. The van der Waals surface area contributed by atoms with E-state index in [9.17, 15) is 9.59 Å².